The summed E-state index contributed by atoms with van der Waals surface area (Å²) in [4.78, 5) is 15.8. The summed E-state index contributed by atoms with van der Waals surface area (Å²) in [6, 6.07) is 54.7. The first-order valence-electron chi connectivity index (χ1n) is 20.7. The SMILES string of the molecule is c1ccc(-c2nc(-c3cccc(-c4cccc5oc6ccccc6c45)c3)nc(-c3ccc4c(c3)C3(c5cc6ccccc6cc5-4)C4CC5CC(C4)CC3C5)n2)cc1. The maximum absolute atomic E-state index is 6.27. The fourth-order valence-electron chi connectivity index (χ4n) is 12.2. The summed E-state index contributed by atoms with van der Waals surface area (Å²) in [5, 5.41) is 4.91. The predicted octanol–water partition coefficient (Wildman–Crippen LogP) is 13.3. The Morgan fingerprint density at radius 2 is 1.02 bits per heavy atom. The Kier molecular flexibility index (Phi) is 6.59. The van der Waals surface area contributed by atoms with E-state index >= 15 is 0 Å². The molecular weight excluding hydrogens is 695 g/mol. The van der Waals surface area contributed by atoms with Crippen LogP contribution in [-0.4, -0.2) is 15.0 Å². The summed E-state index contributed by atoms with van der Waals surface area (Å²) in [6.07, 6.45) is 6.81. The molecule has 4 saturated carbocycles. The van der Waals surface area contributed by atoms with E-state index in [2.05, 4.69) is 133 Å². The molecule has 57 heavy (non-hydrogen) atoms. The number of rotatable bonds is 4. The van der Waals surface area contributed by atoms with E-state index in [1.54, 1.807) is 5.56 Å². The highest BCUT2D eigenvalue weighted by Crippen LogP contribution is 2.69. The van der Waals surface area contributed by atoms with E-state index in [9.17, 15) is 0 Å². The van der Waals surface area contributed by atoms with E-state index in [4.69, 9.17) is 19.4 Å². The Hall–Kier alpha value is -6.39. The molecule has 7 aromatic carbocycles. The van der Waals surface area contributed by atoms with Gasteiger partial charge >= 0.3 is 0 Å². The second kappa shape index (κ2) is 11.8. The highest BCUT2D eigenvalue weighted by Gasteiger charge is 2.61. The minimum atomic E-state index is 0.0306. The number of para-hydroxylation sites is 1. The van der Waals surface area contributed by atoms with Crippen LogP contribution in [-0.2, 0) is 5.41 Å². The van der Waals surface area contributed by atoms with Gasteiger partial charge in [-0.3, -0.25) is 0 Å². The van der Waals surface area contributed by atoms with E-state index in [1.807, 2.05) is 18.2 Å². The third kappa shape index (κ3) is 4.58. The van der Waals surface area contributed by atoms with Crippen molar-refractivity contribution in [1.29, 1.82) is 0 Å². The molecule has 0 radical (unpaired) electrons. The van der Waals surface area contributed by atoms with Gasteiger partial charge in [-0.25, -0.2) is 15.0 Å². The van der Waals surface area contributed by atoms with Crippen LogP contribution in [0.4, 0.5) is 0 Å². The largest absolute Gasteiger partial charge is 0.456 e. The second-order valence-electron chi connectivity index (χ2n) is 17.2. The molecule has 272 valence electrons. The lowest BCUT2D eigenvalue weighted by atomic mass is 9.43. The zero-order valence-corrected chi connectivity index (χ0v) is 31.5. The van der Waals surface area contributed by atoms with Crippen molar-refractivity contribution in [2.24, 2.45) is 23.7 Å². The molecule has 4 nitrogen and oxygen atoms in total. The number of nitrogens with zero attached hydrogens (tertiary/aromatic N) is 3. The standard InChI is InChI=1S/C53H39N3O/c1-2-10-33(11-3-1)50-54-51(37-15-8-14-36(27-37)41-17-9-19-48-49(41)43-16-6-7-18-47(43)57-48)56-52(55-50)38-20-21-42-44-28-34-12-4-5-13-35(34)29-46(44)53(45(42)30-38)39-23-31-22-32(25-39)26-40(53)24-31/h1-21,27-32,39-40H,22-26H2. The van der Waals surface area contributed by atoms with Crippen LogP contribution in [0.3, 0.4) is 0 Å². The first kappa shape index (κ1) is 31.8. The van der Waals surface area contributed by atoms with Gasteiger partial charge in [0, 0.05) is 32.9 Å². The highest BCUT2D eigenvalue weighted by molar-refractivity contribution is 6.12. The van der Waals surface area contributed by atoms with Crippen molar-refractivity contribution in [3.63, 3.8) is 0 Å². The molecule has 0 amide bonds. The van der Waals surface area contributed by atoms with Crippen LogP contribution in [0.2, 0.25) is 0 Å². The topological polar surface area (TPSA) is 51.8 Å². The lowest BCUT2D eigenvalue weighted by Crippen LogP contribution is -2.55. The van der Waals surface area contributed by atoms with Crippen LogP contribution in [0, 0.1) is 23.7 Å². The molecule has 2 aromatic heterocycles. The third-order valence-electron chi connectivity index (χ3n) is 14.3. The van der Waals surface area contributed by atoms with Gasteiger partial charge in [-0.05, 0) is 136 Å². The van der Waals surface area contributed by atoms with Gasteiger partial charge in [-0.15, -0.1) is 0 Å². The van der Waals surface area contributed by atoms with Crippen molar-refractivity contribution >= 4 is 32.7 Å². The van der Waals surface area contributed by atoms with E-state index in [0.717, 1.165) is 67.4 Å². The van der Waals surface area contributed by atoms with Gasteiger partial charge in [0.2, 0.25) is 0 Å². The molecule has 0 N–H and O–H groups in total. The average Bonchev–Trinajstić information content (AvgIpc) is 3.78. The molecule has 2 heterocycles. The zero-order chi connectivity index (χ0) is 37.2. The van der Waals surface area contributed by atoms with Crippen molar-refractivity contribution in [1.82, 2.24) is 15.0 Å². The van der Waals surface area contributed by atoms with E-state index in [0.29, 0.717) is 23.5 Å². The number of hydrogen-bond donors (Lipinski definition) is 0. The van der Waals surface area contributed by atoms with Gasteiger partial charge in [0.05, 0.1) is 0 Å². The summed E-state index contributed by atoms with van der Waals surface area (Å²) in [6.45, 7) is 0. The molecule has 0 atom stereocenters. The fourth-order valence-corrected chi connectivity index (χ4v) is 12.2. The number of furan rings is 1. The lowest BCUT2D eigenvalue weighted by Gasteiger charge is -2.61. The van der Waals surface area contributed by atoms with Crippen LogP contribution >= 0.6 is 0 Å². The third-order valence-corrected chi connectivity index (χ3v) is 14.3. The fraction of sp³-hybridized carbons (Fsp3) is 0.189. The van der Waals surface area contributed by atoms with Crippen LogP contribution in [0.15, 0.2) is 156 Å². The molecule has 0 saturated heterocycles. The lowest BCUT2D eigenvalue weighted by molar-refractivity contribution is -0.0398. The molecule has 5 aliphatic rings. The van der Waals surface area contributed by atoms with Crippen LogP contribution in [0.25, 0.3) is 89.1 Å². The Morgan fingerprint density at radius 1 is 0.421 bits per heavy atom. The molecule has 14 rings (SSSR count). The highest BCUT2D eigenvalue weighted by atomic mass is 16.3. The van der Waals surface area contributed by atoms with Crippen molar-refractivity contribution in [3.05, 3.63) is 163 Å². The van der Waals surface area contributed by atoms with Gasteiger partial charge in [0.25, 0.3) is 0 Å². The van der Waals surface area contributed by atoms with Crippen LogP contribution in [0.1, 0.15) is 43.2 Å². The first-order valence-corrected chi connectivity index (χ1v) is 20.7. The van der Waals surface area contributed by atoms with Crippen LogP contribution < -0.4 is 0 Å². The molecule has 1 spiro atoms. The molecule has 4 fully saturated rings. The molecule has 5 aliphatic carbocycles. The Bertz CT molecular complexity index is 3080. The van der Waals surface area contributed by atoms with Gasteiger partial charge < -0.3 is 4.42 Å². The Balaban J connectivity index is 0.996. The van der Waals surface area contributed by atoms with Crippen molar-refractivity contribution < 1.29 is 4.42 Å². The number of aromatic nitrogens is 3. The Morgan fingerprint density at radius 3 is 1.81 bits per heavy atom. The summed E-state index contributed by atoms with van der Waals surface area (Å²) < 4.78 is 6.27. The molecule has 4 heteroatoms. The summed E-state index contributed by atoms with van der Waals surface area (Å²) in [5.74, 6) is 5.16. The zero-order valence-electron chi connectivity index (χ0n) is 31.5. The normalized spacial score (nSPS) is 22.8. The molecular formula is C53H39N3O. The molecule has 0 unspecified atom stereocenters. The predicted molar refractivity (Wildman–Crippen MR) is 230 cm³/mol. The summed E-state index contributed by atoms with van der Waals surface area (Å²) in [7, 11) is 0. The maximum Gasteiger partial charge on any atom is 0.164 e. The van der Waals surface area contributed by atoms with E-state index in [1.165, 1.54) is 59.6 Å². The Labute approximate surface area is 331 Å². The number of benzene rings is 7. The molecule has 9 aromatic rings. The van der Waals surface area contributed by atoms with Gasteiger partial charge in [-0.1, -0.05) is 115 Å². The maximum atomic E-state index is 6.27. The quantitative estimate of drug-likeness (QED) is 0.181. The van der Waals surface area contributed by atoms with Gasteiger partial charge in [0.1, 0.15) is 11.2 Å². The minimum absolute atomic E-state index is 0.0306. The van der Waals surface area contributed by atoms with Crippen LogP contribution in [0.5, 0.6) is 0 Å². The number of hydrogen-bond acceptors (Lipinski definition) is 4. The minimum Gasteiger partial charge on any atom is -0.456 e. The number of fused-ring (bicyclic) bond motifs is 7. The van der Waals surface area contributed by atoms with E-state index in [-0.39, 0.29) is 5.41 Å². The molecule has 4 bridgehead atoms. The summed E-state index contributed by atoms with van der Waals surface area (Å²) >= 11 is 0. The van der Waals surface area contributed by atoms with Gasteiger partial charge in [-0.2, -0.15) is 0 Å². The second-order valence-corrected chi connectivity index (χ2v) is 17.2. The smallest absolute Gasteiger partial charge is 0.164 e. The molecule has 0 aliphatic heterocycles. The average molecular weight is 734 g/mol. The van der Waals surface area contributed by atoms with Crippen molar-refractivity contribution in [2.45, 2.75) is 37.5 Å². The monoisotopic (exact) mass is 733 g/mol. The van der Waals surface area contributed by atoms with Crippen molar-refractivity contribution in [3.8, 4) is 56.4 Å². The van der Waals surface area contributed by atoms with Crippen molar-refractivity contribution in [2.75, 3.05) is 0 Å². The first-order chi connectivity index (χ1) is 28.2. The van der Waals surface area contributed by atoms with Gasteiger partial charge in [0.15, 0.2) is 17.5 Å². The van der Waals surface area contributed by atoms with E-state index < -0.39 is 0 Å². The summed E-state index contributed by atoms with van der Waals surface area (Å²) in [5.41, 5.74) is 12.9.